The third kappa shape index (κ3) is 2.94. The molecular formula is C16H16O3. The summed E-state index contributed by atoms with van der Waals surface area (Å²) in [4.78, 5) is 11.5. The summed E-state index contributed by atoms with van der Waals surface area (Å²) < 4.78 is 4.93. The highest BCUT2D eigenvalue weighted by atomic mass is 16.5. The van der Waals surface area contributed by atoms with Gasteiger partial charge in [-0.3, -0.25) is 0 Å². The van der Waals surface area contributed by atoms with Gasteiger partial charge in [-0.2, -0.15) is 0 Å². The third-order valence-corrected chi connectivity index (χ3v) is 2.94. The highest BCUT2D eigenvalue weighted by Gasteiger charge is 2.07. The monoisotopic (exact) mass is 256 g/mol. The number of benzene rings is 2. The summed E-state index contributed by atoms with van der Waals surface area (Å²) in [5, 5.41) is 9.70. The van der Waals surface area contributed by atoms with Crippen LogP contribution in [0.2, 0.25) is 0 Å². The molecule has 0 aromatic heterocycles. The average molecular weight is 256 g/mol. The van der Waals surface area contributed by atoms with Gasteiger partial charge in [0.25, 0.3) is 0 Å². The molecule has 2 aromatic rings. The molecule has 0 aliphatic heterocycles. The number of phenols is 1. The highest BCUT2D eigenvalue weighted by Crippen LogP contribution is 2.26. The summed E-state index contributed by atoms with van der Waals surface area (Å²) >= 11 is 0. The molecule has 0 amide bonds. The lowest BCUT2D eigenvalue weighted by molar-refractivity contribution is 0.0526. The molecule has 0 radical (unpaired) electrons. The molecule has 2 rings (SSSR count). The number of rotatable bonds is 3. The first-order valence-electron chi connectivity index (χ1n) is 6.19. The largest absolute Gasteiger partial charge is 0.508 e. The van der Waals surface area contributed by atoms with Crippen LogP contribution in [0.25, 0.3) is 11.1 Å². The van der Waals surface area contributed by atoms with Crippen molar-refractivity contribution >= 4 is 5.97 Å². The Morgan fingerprint density at radius 1 is 1.11 bits per heavy atom. The van der Waals surface area contributed by atoms with Crippen molar-refractivity contribution < 1.29 is 14.6 Å². The first-order chi connectivity index (χ1) is 9.11. The van der Waals surface area contributed by atoms with E-state index in [1.165, 1.54) is 0 Å². The number of carbonyl (C=O) groups excluding carboxylic acids is 1. The van der Waals surface area contributed by atoms with Crippen LogP contribution >= 0.6 is 0 Å². The van der Waals surface area contributed by atoms with Crippen molar-refractivity contribution in [3.8, 4) is 16.9 Å². The smallest absolute Gasteiger partial charge is 0.338 e. The Morgan fingerprint density at radius 3 is 2.32 bits per heavy atom. The van der Waals surface area contributed by atoms with Crippen LogP contribution in [0.5, 0.6) is 5.75 Å². The van der Waals surface area contributed by atoms with Gasteiger partial charge in [-0.25, -0.2) is 4.79 Å². The summed E-state index contributed by atoms with van der Waals surface area (Å²) in [6, 6.07) is 12.7. The topological polar surface area (TPSA) is 46.5 Å². The molecule has 0 bridgehead atoms. The standard InChI is InChI=1S/C16H16O3/c1-3-19-16(18)13-8-6-12(7-9-13)14-5-4-11(2)15(17)10-14/h4-10,17H,3H2,1-2H3. The predicted octanol–water partition coefficient (Wildman–Crippen LogP) is 3.54. The summed E-state index contributed by atoms with van der Waals surface area (Å²) in [6.07, 6.45) is 0. The minimum Gasteiger partial charge on any atom is -0.508 e. The van der Waals surface area contributed by atoms with Crippen molar-refractivity contribution in [2.75, 3.05) is 6.61 Å². The van der Waals surface area contributed by atoms with Crippen molar-refractivity contribution in [1.29, 1.82) is 0 Å². The SMILES string of the molecule is CCOC(=O)c1ccc(-c2ccc(C)c(O)c2)cc1. The maximum atomic E-state index is 11.5. The Morgan fingerprint density at radius 2 is 1.74 bits per heavy atom. The van der Waals surface area contributed by atoms with E-state index in [0.29, 0.717) is 12.2 Å². The van der Waals surface area contributed by atoms with Crippen molar-refractivity contribution in [3.05, 3.63) is 53.6 Å². The fourth-order valence-corrected chi connectivity index (χ4v) is 1.80. The minimum atomic E-state index is -0.319. The van der Waals surface area contributed by atoms with Crippen LogP contribution in [0.15, 0.2) is 42.5 Å². The van der Waals surface area contributed by atoms with Gasteiger partial charge in [0.2, 0.25) is 0 Å². The zero-order chi connectivity index (χ0) is 13.8. The van der Waals surface area contributed by atoms with Crippen LogP contribution in [0, 0.1) is 6.92 Å². The van der Waals surface area contributed by atoms with E-state index in [-0.39, 0.29) is 11.7 Å². The Hall–Kier alpha value is -2.29. The van der Waals surface area contributed by atoms with Crippen molar-refractivity contribution in [2.24, 2.45) is 0 Å². The number of aromatic hydroxyl groups is 1. The van der Waals surface area contributed by atoms with E-state index < -0.39 is 0 Å². The molecule has 0 atom stereocenters. The zero-order valence-corrected chi connectivity index (χ0v) is 11.0. The third-order valence-electron chi connectivity index (χ3n) is 2.94. The Kier molecular flexibility index (Phi) is 3.85. The number of hydrogen-bond donors (Lipinski definition) is 1. The lowest BCUT2D eigenvalue weighted by atomic mass is 10.0. The molecule has 0 spiro atoms. The summed E-state index contributed by atoms with van der Waals surface area (Å²) in [5.41, 5.74) is 3.23. The minimum absolute atomic E-state index is 0.270. The van der Waals surface area contributed by atoms with Gasteiger partial charge in [0.05, 0.1) is 12.2 Å². The molecule has 1 N–H and O–H groups in total. The first kappa shape index (κ1) is 13.1. The molecule has 98 valence electrons. The van der Waals surface area contributed by atoms with Crippen LogP contribution in [-0.4, -0.2) is 17.7 Å². The van der Waals surface area contributed by atoms with Crippen LogP contribution in [0.4, 0.5) is 0 Å². The van der Waals surface area contributed by atoms with E-state index in [4.69, 9.17) is 4.74 Å². The van der Waals surface area contributed by atoms with E-state index in [9.17, 15) is 9.90 Å². The van der Waals surface area contributed by atoms with Gasteiger partial charge in [0.15, 0.2) is 0 Å². The fourth-order valence-electron chi connectivity index (χ4n) is 1.80. The van der Waals surface area contributed by atoms with E-state index >= 15 is 0 Å². The van der Waals surface area contributed by atoms with Crippen LogP contribution in [0.3, 0.4) is 0 Å². The van der Waals surface area contributed by atoms with Gasteiger partial charge in [-0.15, -0.1) is 0 Å². The second-order valence-electron chi connectivity index (χ2n) is 4.30. The number of esters is 1. The zero-order valence-electron chi connectivity index (χ0n) is 11.0. The van der Waals surface area contributed by atoms with Crippen molar-refractivity contribution in [1.82, 2.24) is 0 Å². The number of hydrogen-bond acceptors (Lipinski definition) is 3. The summed E-state index contributed by atoms with van der Waals surface area (Å²) in [6.45, 7) is 4.00. The predicted molar refractivity (Wildman–Crippen MR) is 74.2 cm³/mol. The van der Waals surface area contributed by atoms with E-state index in [1.54, 1.807) is 25.1 Å². The van der Waals surface area contributed by atoms with E-state index in [2.05, 4.69) is 0 Å². The highest BCUT2D eigenvalue weighted by molar-refractivity contribution is 5.90. The Balaban J connectivity index is 2.27. The number of aryl methyl sites for hydroxylation is 1. The molecular weight excluding hydrogens is 240 g/mol. The molecule has 0 fully saturated rings. The molecule has 0 aliphatic carbocycles. The number of carbonyl (C=O) groups is 1. The lowest BCUT2D eigenvalue weighted by Crippen LogP contribution is -2.03. The summed E-state index contributed by atoms with van der Waals surface area (Å²) in [7, 11) is 0. The summed E-state index contributed by atoms with van der Waals surface area (Å²) in [5.74, 6) is -0.0484. The average Bonchev–Trinajstić information content (AvgIpc) is 2.42. The fraction of sp³-hybridized carbons (Fsp3) is 0.188. The van der Waals surface area contributed by atoms with Crippen LogP contribution in [-0.2, 0) is 4.74 Å². The molecule has 3 heteroatoms. The number of ether oxygens (including phenoxy) is 1. The van der Waals surface area contributed by atoms with Crippen LogP contribution < -0.4 is 0 Å². The quantitative estimate of drug-likeness (QED) is 0.854. The maximum absolute atomic E-state index is 11.5. The van der Waals surface area contributed by atoms with E-state index in [1.807, 2.05) is 31.2 Å². The lowest BCUT2D eigenvalue weighted by Gasteiger charge is -2.06. The van der Waals surface area contributed by atoms with Crippen molar-refractivity contribution in [3.63, 3.8) is 0 Å². The molecule has 3 nitrogen and oxygen atoms in total. The van der Waals surface area contributed by atoms with Crippen molar-refractivity contribution in [2.45, 2.75) is 13.8 Å². The van der Waals surface area contributed by atoms with Gasteiger partial charge in [-0.1, -0.05) is 24.3 Å². The molecule has 0 heterocycles. The van der Waals surface area contributed by atoms with Gasteiger partial charge in [0.1, 0.15) is 5.75 Å². The van der Waals surface area contributed by atoms with E-state index in [0.717, 1.165) is 16.7 Å². The second-order valence-corrected chi connectivity index (χ2v) is 4.30. The Bertz CT molecular complexity index is 585. The molecule has 0 aliphatic rings. The second kappa shape index (κ2) is 5.57. The first-order valence-corrected chi connectivity index (χ1v) is 6.19. The maximum Gasteiger partial charge on any atom is 0.338 e. The van der Waals surface area contributed by atoms with Gasteiger partial charge in [-0.05, 0) is 48.7 Å². The van der Waals surface area contributed by atoms with Gasteiger partial charge in [0, 0.05) is 0 Å². The molecule has 0 saturated heterocycles. The molecule has 0 saturated carbocycles. The normalized spacial score (nSPS) is 10.2. The molecule has 2 aromatic carbocycles. The molecule has 19 heavy (non-hydrogen) atoms. The number of phenolic OH excluding ortho intramolecular Hbond substituents is 1. The Labute approximate surface area is 112 Å². The van der Waals surface area contributed by atoms with Gasteiger partial charge >= 0.3 is 5.97 Å². The van der Waals surface area contributed by atoms with Crippen LogP contribution in [0.1, 0.15) is 22.8 Å². The van der Waals surface area contributed by atoms with Gasteiger partial charge < -0.3 is 9.84 Å². The molecule has 0 unspecified atom stereocenters.